The van der Waals surface area contributed by atoms with Crippen molar-refractivity contribution in [2.75, 3.05) is 0 Å². The van der Waals surface area contributed by atoms with Gasteiger partial charge >= 0.3 is 5.97 Å². The minimum absolute atomic E-state index is 0.373. The topological polar surface area (TPSA) is 26.3 Å². The predicted octanol–water partition coefficient (Wildman–Crippen LogP) is 7.37. The van der Waals surface area contributed by atoms with Crippen LogP contribution in [0.2, 0.25) is 0 Å². The molecule has 0 amide bonds. The molecule has 0 bridgehead atoms. The SMILES string of the molecule is C1CCCCCCCCCCCCCC1.C=CC(=O)OC(C)(C)C. The van der Waals surface area contributed by atoms with Gasteiger partial charge in [-0.2, -0.15) is 0 Å². The molecule has 0 heterocycles. The zero-order valence-electron chi connectivity index (χ0n) is 16.7. The van der Waals surface area contributed by atoms with Gasteiger partial charge < -0.3 is 4.74 Å². The molecule has 0 aromatic rings. The second-order valence-corrected chi connectivity index (χ2v) is 8.04. The fourth-order valence-electron chi connectivity index (χ4n) is 3.00. The van der Waals surface area contributed by atoms with Gasteiger partial charge in [-0.15, -0.1) is 0 Å². The molecule has 0 radical (unpaired) electrons. The minimum Gasteiger partial charge on any atom is -0.457 e. The van der Waals surface area contributed by atoms with Gasteiger partial charge in [0.05, 0.1) is 0 Å². The van der Waals surface area contributed by atoms with Crippen molar-refractivity contribution >= 4 is 5.97 Å². The van der Waals surface area contributed by atoms with Crippen LogP contribution >= 0.6 is 0 Å². The minimum atomic E-state index is -0.398. The Kier molecular flexibility index (Phi) is 15.2. The molecule has 1 saturated carbocycles. The summed E-state index contributed by atoms with van der Waals surface area (Å²) in [4.78, 5) is 10.5. The van der Waals surface area contributed by atoms with Crippen molar-refractivity contribution in [3.63, 3.8) is 0 Å². The van der Waals surface area contributed by atoms with Crippen LogP contribution in [-0.2, 0) is 9.53 Å². The van der Waals surface area contributed by atoms with Gasteiger partial charge in [-0.05, 0) is 20.8 Å². The Morgan fingerprint density at radius 1 is 0.667 bits per heavy atom. The molecule has 1 fully saturated rings. The van der Waals surface area contributed by atoms with Gasteiger partial charge in [0.1, 0.15) is 5.60 Å². The second-order valence-electron chi connectivity index (χ2n) is 8.04. The maximum absolute atomic E-state index is 10.5. The first kappa shape index (κ1) is 23.2. The van der Waals surface area contributed by atoms with Crippen molar-refractivity contribution in [1.82, 2.24) is 0 Å². The summed E-state index contributed by atoms with van der Waals surface area (Å²) in [5, 5.41) is 0. The highest BCUT2D eigenvalue weighted by atomic mass is 16.6. The number of esters is 1. The van der Waals surface area contributed by atoms with Crippen LogP contribution < -0.4 is 0 Å². The largest absolute Gasteiger partial charge is 0.457 e. The molecular weight excluding hydrogens is 296 g/mol. The van der Waals surface area contributed by atoms with E-state index in [-0.39, 0.29) is 5.97 Å². The van der Waals surface area contributed by atoms with Gasteiger partial charge in [0.15, 0.2) is 0 Å². The molecule has 0 aromatic carbocycles. The first-order chi connectivity index (χ1) is 11.5. The van der Waals surface area contributed by atoms with E-state index in [0.717, 1.165) is 6.08 Å². The zero-order valence-corrected chi connectivity index (χ0v) is 16.7. The molecular formula is C22H42O2. The van der Waals surface area contributed by atoms with Gasteiger partial charge in [0.25, 0.3) is 0 Å². The van der Waals surface area contributed by atoms with Crippen LogP contribution in [-0.4, -0.2) is 11.6 Å². The molecule has 0 N–H and O–H groups in total. The molecule has 0 aliphatic heterocycles. The fraction of sp³-hybridized carbons (Fsp3) is 0.864. The van der Waals surface area contributed by atoms with Gasteiger partial charge in [-0.1, -0.05) is 103 Å². The lowest BCUT2D eigenvalue weighted by molar-refractivity contribution is -0.148. The number of rotatable bonds is 1. The van der Waals surface area contributed by atoms with Crippen LogP contribution in [0.15, 0.2) is 12.7 Å². The summed E-state index contributed by atoms with van der Waals surface area (Å²) in [6.45, 7) is 8.71. The summed E-state index contributed by atoms with van der Waals surface area (Å²) in [7, 11) is 0. The van der Waals surface area contributed by atoms with Crippen molar-refractivity contribution in [1.29, 1.82) is 0 Å². The Hall–Kier alpha value is -0.790. The number of hydrogen-bond donors (Lipinski definition) is 0. The van der Waals surface area contributed by atoms with Gasteiger partial charge in [0, 0.05) is 6.08 Å². The highest BCUT2D eigenvalue weighted by Gasteiger charge is 2.12. The molecule has 0 aromatic heterocycles. The van der Waals surface area contributed by atoms with E-state index in [9.17, 15) is 4.79 Å². The molecule has 24 heavy (non-hydrogen) atoms. The monoisotopic (exact) mass is 338 g/mol. The van der Waals surface area contributed by atoms with Crippen LogP contribution in [0.5, 0.6) is 0 Å². The summed E-state index contributed by atoms with van der Waals surface area (Å²) in [6.07, 6.45) is 23.7. The third-order valence-corrected chi connectivity index (χ3v) is 4.32. The van der Waals surface area contributed by atoms with Gasteiger partial charge in [0.2, 0.25) is 0 Å². The first-order valence-corrected chi connectivity index (χ1v) is 10.3. The molecule has 1 rings (SSSR count). The number of carbonyl (C=O) groups excluding carboxylic acids is 1. The molecule has 1 aliphatic rings. The second kappa shape index (κ2) is 15.7. The highest BCUT2D eigenvalue weighted by molar-refractivity contribution is 5.81. The molecule has 1 aliphatic carbocycles. The number of carbonyl (C=O) groups is 1. The Balaban J connectivity index is 0.000000506. The molecule has 2 heteroatoms. The van der Waals surface area contributed by atoms with Gasteiger partial charge in [-0.3, -0.25) is 0 Å². The maximum Gasteiger partial charge on any atom is 0.330 e. The lowest BCUT2D eigenvalue weighted by Gasteiger charge is -2.17. The molecule has 142 valence electrons. The van der Waals surface area contributed by atoms with Crippen LogP contribution in [0.3, 0.4) is 0 Å². The third kappa shape index (κ3) is 19.3. The molecule has 0 saturated heterocycles. The lowest BCUT2D eigenvalue weighted by Crippen LogP contribution is -2.22. The average molecular weight is 339 g/mol. The summed E-state index contributed by atoms with van der Waals surface area (Å²) in [6, 6.07) is 0. The Morgan fingerprint density at radius 3 is 0.958 bits per heavy atom. The summed E-state index contributed by atoms with van der Waals surface area (Å²) in [5.74, 6) is -0.373. The van der Waals surface area contributed by atoms with E-state index >= 15 is 0 Å². The Bertz CT molecular complexity index is 243. The van der Waals surface area contributed by atoms with Crippen molar-refractivity contribution < 1.29 is 9.53 Å². The van der Waals surface area contributed by atoms with Crippen molar-refractivity contribution in [3.8, 4) is 0 Å². The van der Waals surface area contributed by atoms with E-state index in [2.05, 4.69) is 6.58 Å². The van der Waals surface area contributed by atoms with E-state index in [1.54, 1.807) is 0 Å². The van der Waals surface area contributed by atoms with Crippen LogP contribution in [0.4, 0.5) is 0 Å². The Labute approximate surface area is 151 Å². The van der Waals surface area contributed by atoms with E-state index < -0.39 is 5.60 Å². The molecule has 0 spiro atoms. The van der Waals surface area contributed by atoms with E-state index in [1.165, 1.54) is 96.3 Å². The molecule has 2 nitrogen and oxygen atoms in total. The summed E-state index contributed by atoms with van der Waals surface area (Å²) in [5.41, 5.74) is -0.398. The maximum atomic E-state index is 10.5. The summed E-state index contributed by atoms with van der Waals surface area (Å²) < 4.78 is 4.83. The van der Waals surface area contributed by atoms with Crippen molar-refractivity contribution in [2.45, 2.75) is 123 Å². The Morgan fingerprint density at radius 2 is 0.875 bits per heavy atom. The van der Waals surface area contributed by atoms with E-state index in [4.69, 9.17) is 4.74 Å². The quantitative estimate of drug-likeness (QED) is 0.368. The van der Waals surface area contributed by atoms with Crippen molar-refractivity contribution in [3.05, 3.63) is 12.7 Å². The van der Waals surface area contributed by atoms with Crippen LogP contribution in [0, 0.1) is 0 Å². The predicted molar refractivity (Wildman–Crippen MR) is 105 cm³/mol. The van der Waals surface area contributed by atoms with E-state index in [1.807, 2.05) is 20.8 Å². The fourth-order valence-corrected chi connectivity index (χ4v) is 3.00. The normalized spacial score (nSPS) is 19.0. The zero-order chi connectivity index (χ0) is 18.1. The number of hydrogen-bond acceptors (Lipinski definition) is 2. The first-order valence-electron chi connectivity index (χ1n) is 10.3. The third-order valence-electron chi connectivity index (χ3n) is 4.32. The lowest BCUT2D eigenvalue weighted by atomic mass is 10.1. The average Bonchev–Trinajstić information content (AvgIpc) is 2.52. The van der Waals surface area contributed by atoms with Crippen LogP contribution in [0.1, 0.15) is 117 Å². The van der Waals surface area contributed by atoms with Crippen molar-refractivity contribution in [2.24, 2.45) is 0 Å². The molecule has 0 unspecified atom stereocenters. The van der Waals surface area contributed by atoms with E-state index in [0.29, 0.717) is 0 Å². The van der Waals surface area contributed by atoms with Crippen LogP contribution in [0.25, 0.3) is 0 Å². The number of ether oxygens (including phenoxy) is 1. The highest BCUT2D eigenvalue weighted by Crippen LogP contribution is 2.16. The smallest absolute Gasteiger partial charge is 0.330 e. The summed E-state index contributed by atoms with van der Waals surface area (Å²) >= 11 is 0. The molecule has 0 atom stereocenters. The van der Waals surface area contributed by atoms with Gasteiger partial charge in [-0.25, -0.2) is 4.79 Å². The standard InChI is InChI=1S/C15H30.C7H12O2/c1-2-4-6-8-10-12-14-15-13-11-9-7-5-3-1;1-5-6(8)9-7(2,3)4/h1-15H2;5H,1H2,2-4H3.